The molecule has 6 nitrogen and oxygen atoms in total. The molecule has 2 aromatic heterocycles. The number of amides is 1. The largest absolute Gasteiger partial charge is 0.444 e. The second-order valence-corrected chi connectivity index (χ2v) is 4.25. The Morgan fingerprint density at radius 3 is 2.94 bits per heavy atom. The zero-order chi connectivity index (χ0) is 13.0. The summed E-state index contributed by atoms with van der Waals surface area (Å²) >= 11 is 3.11. The van der Waals surface area contributed by atoms with Crippen LogP contribution in [0, 0.1) is 0 Å². The van der Waals surface area contributed by atoms with Crippen LogP contribution in [0.2, 0.25) is 0 Å². The van der Waals surface area contributed by atoms with Crippen LogP contribution in [-0.4, -0.2) is 22.0 Å². The number of aromatic nitrogens is 2. The van der Waals surface area contributed by atoms with Gasteiger partial charge in [-0.2, -0.15) is 0 Å². The molecule has 2 rings (SSSR count). The van der Waals surface area contributed by atoms with E-state index >= 15 is 0 Å². The fraction of sp³-hybridized carbons (Fsp3) is 0.182. The molecule has 0 bridgehead atoms. The van der Waals surface area contributed by atoms with E-state index in [9.17, 15) is 9.59 Å². The summed E-state index contributed by atoms with van der Waals surface area (Å²) in [5.74, 6) is -0.0990. The first kappa shape index (κ1) is 12.6. The fourth-order valence-corrected chi connectivity index (χ4v) is 1.67. The predicted molar refractivity (Wildman–Crippen MR) is 67.2 cm³/mol. The van der Waals surface area contributed by atoms with E-state index in [2.05, 4.69) is 26.2 Å². The molecule has 0 fully saturated rings. The smallest absolute Gasteiger partial charge is 0.287 e. The van der Waals surface area contributed by atoms with Gasteiger partial charge in [0.1, 0.15) is 0 Å². The van der Waals surface area contributed by atoms with Crippen molar-refractivity contribution in [3.63, 3.8) is 0 Å². The summed E-state index contributed by atoms with van der Waals surface area (Å²) < 4.78 is 7.01. The van der Waals surface area contributed by atoms with E-state index in [1.807, 2.05) is 0 Å². The Balaban J connectivity index is 1.88. The Bertz CT molecular complexity index is 605. The monoisotopic (exact) mass is 311 g/mol. The molecule has 0 aliphatic carbocycles. The van der Waals surface area contributed by atoms with Crippen LogP contribution in [0.15, 0.2) is 44.6 Å². The molecule has 0 aliphatic rings. The summed E-state index contributed by atoms with van der Waals surface area (Å²) in [5, 5.41) is 2.65. The van der Waals surface area contributed by atoms with Gasteiger partial charge in [0.25, 0.3) is 11.5 Å². The van der Waals surface area contributed by atoms with E-state index in [0.717, 1.165) is 0 Å². The van der Waals surface area contributed by atoms with Gasteiger partial charge in [0.05, 0.1) is 6.33 Å². The van der Waals surface area contributed by atoms with E-state index in [0.29, 0.717) is 17.8 Å². The highest BCUT2D eigenvalue weighted by Gasteiger charge is 2.09. The zero-order valence-corrected chi connectivity index (χ0v) is 10.9. The first-order valence-corrected chi connectivity index (χ1v) is 6.00. The van der Waals surface area contributed by atoms with Crippen LogP contribution in [0.1, 0.15) is 10.6 Å². The molecule has 1 amide bonds. The van der Waals surface area contributed by atoms with Crippen molar-refractivity contribution in [3.8, 4) is 0 Å². The highest BCUT2D eigenvalue weighted by atomic mass is 79.9. The van der Waals surface area contributed by atoms with Crippen LogP contribution < -0.4 is 10.9 Å². The van der Waals surface area contributed by atoms with Crippen LogP contribution in [0.4, 0.5) is 0 Å². The van der Waals surface area contributed by atoms with Gasteiger partial charge in [0.2, 0.25) is 0 Å². The predicted octanol–water partition coefficient (Wildman–Crippen LogP) is 1.03. The van der Waals surface area contributed by atoms with Gasteiger partial charge >= 0.3 is 0 Å². The molecule has 0 spiro atoms. The Kier molecular flexibility index (Phi) is 3.93. The van der Waals surface area contributed by atoms with Crippen molar-refractivity contribution in [1.82, 2.24) is 14.9 Å². The average Bonchev–Trinajstić information content (AvgIpc) is 2.78. The highest BCUT2D eigenvalue weighted by Crippen LogP contribution is 2.13. The van der Waals surface area contributed by atoms with Gasteiger partial charge in [-0.15, -0.1) is 0 Å². The van der Waals surface area contributed by atoms with Gasteiger partial charge < -0.3 is 9.73 Å². The maximum Gasteiger partial charge on any atom is 0.287 e. The molecule has 2 aromatic rings. The van der Waals surface area contributed by atoms with Crippen LogP contribution in [-0.2, 0) is 6.54 Å². The van der Waals surface area contributed by atoms with Crippen LogP contribution in [0.3, 0.4) is 0 Å². The van der Waals surface area contributed by atoms with Crippen molar-refractivity contribution in [3.05, 3.63) is 51.5 Å². The van der Waals surface area contributed by atoms with Gasteiger partial charge in [-0.05, 0) is 28.1 Å². The van der Waals surface area contributed by atoms with Gasteiger partial charge in [0, 0.05) is 25.4 Å². The minimum atomic E-state index is -0.322. The Morgan fingerprint density at radius 2 is 2.28 bits per heavy atom. The summed E-state index contributed by atoms with van der Waals surface area (Å²) in [5.41, 5.74) is -0.153. The molecule has 0 radical (unpaired) electrons. The van der Waals surface area contributed by atoms with Gasteiger partial charge in [0.15, 0.2) is 10.4 Å². The lowest BCUT2D eigenvalue weighted by Crippen LogP contribution is -2.30. The minimum absolute atomic E-state index is 0.153. The quantitative estimate of drug-likeness (QED) is 0.915. The van der Waals surface area contributed by atoms with E-state index in [4.69, 9.17) is 4.42 Å². The van der Waals surface area contributed by atoms with E-state index in [1.165, 1.54) is 23.2 Å². The lowest BCUT2D eigenvalue weighted by molar-refractivity contribution is 0.0923. The normalized spacial score (nSPS) is 10.3. The Morgan fingerprint density at radius 1 is 1.44 bits per heavy atom. The summed E-state index contributed by atoms with van der Waals surface area (Å²) in [4.78, 5) is 26.8. The number of carbonyl (C=O) groups excluding carboxylic acids is 1. The first-order valence-electron chi connectivity index (χ1n) is 5.21. The minimum Gasteiger partial charge on any atom is -0.444 e. The molecule has 7 heteroatoms. The molecule has 0 atom stereocenters. The van der Waals surface area contributed by atoms with Crippen molar-refractivity contribution >= 4 is 21.8 Å². The van der Waals surface area contributed by atoms with Gasteiger partial charge in [-0.3, -0.25) is 14.2 Å². The molecule has 1 N–H and O–H groups in total. The number of hydrogen-bond donors (Lipinski definition) is 1. The number of nitrogens with zero attached hydrogens (tertiary/aromatic N) is 2. The molecule has 18 heavy (non-hydrogen) atoms. The lowest BCUT2D eigenvalue weighted by atomic mass is 10.4. The van der Waals surface area contributed by atoms with Crippen molar-refractivity contribution in [2.75, 3.05) is 6.54 Å². The Labute approximate surface area is 111 Å². The number of halogens is 1. The Hall–Kier alpha value is -1.89. The highest BCUT2D eigenvalue weighted by molar-refractivity contribution is 9.10. The molecule has 2 heterocycles. The van der Waals surface area contributed by atoms with E-state index < -0.39 is 0 Å². The second-order valence-electron chi connectivity index (χ2n) is 3.47. The number of hydrogen-bond acceptors (Lipinski definition) is 4. The third kappa shape index (κ3) is 3.07. The molecule has 0 saturated heterocycles. The SMILES string of the molecule is O=C(NCCn1cnccc1=O)c1ccc(Br)o1. The summed E-state index contributed by atoms with van der Waals surface area (Å²) in [6.07, 6.45) is 2.86. The van der Waals surface area contributed by atoms with E-state index in [1.54, 1.807) is 12.1 Å². The van der Waals surface area contributed by atoms with Crippen LogP contribution in [0.25, 0.3) is 0 Å². The second kappa shape index (κ2) is 5.63. The van der Waals surface area contributed by atoms with Crippen molar-refractivity contribution < 1.29 is 9.21 Å². The van der Waals surface area contributed by atoms with Crippen molar-refractivity contribution in [1.29, 1.82) is 0 Å². The summed E-state index contributed by atoms with van der Waals surface area (Å²) in [6, 6.07) is 4.57. The molecule has 94 valence electrons. The fourth-order valence-electron chi connectivity index (χ4n) is 1.36. The maximum absolute atomic E-state index is 11.6. The van der Waals surface area contributed by atoms with Gasteiger partial charge in [-0.25, -0.2) is 4.98 Å². The van der Waals surface area contributed by atoms with Crippen LogP contribution >= 0.6 is 15.9 Å². The molecule has 0 aromatic carbocycles. The van der Waals surface area contributed by atoms with Crippen molar-refractivity contribution in [2.24, 2.45) is 0 Å². The molecule has 0 saturated carbocycles. The molecular formula is C11H10BrN3O3. The summed E-state index contributed by atoms with van der Waals surface area (Å²) in [6.45, 7) is 0.684. The third-order valence-corrected chi connectivity index (χ3v) is 2.65. The zero-order valence-electron chi connectivity index (χ0n) is 9.30. The molecular weight excluding hydrogens is 302 g/mol. The summed E-state index contributed by atoms with van der Waals surface area (Å²) in [7, 11) is 0. The number of nitrogens with one attached hydrogen (secondary N) is 1. The average molecular weight is 312 g/mol. The van der Waals surface area contributed by atoms with Gasteiger partial charge in [-0.1, -0.05) is 0 Å². The third-order valence-electron chi connectivity index (χ3n) is 2.23. The number of rotatable bonds is 4. The maximum atomic E-state index is 11.6. The topological polar surface area (TPSA) is 77.1 Å². The first-order chi connectivity index (χ1) is 8.66. The molecule has 0 aliphatic heterocycles. The lowest BCUT2D eigenvalue weighted by Gasteiger charge is -2.05. The molecule has 0 unspecified atom stereocenters. The number of furan rings is 1. The standard InChI is InChI=1S/C11H10BrN3O3/c12-9-2-1-8(18-9)11(17)14-5-6-15-7-13-4-3-10(15)16/h1-4,7H,5-6H2,(H,14,17). The number of carbonyl (C=O) groups is 1. The van der Waals surface area contributed by atoms with E-state index in [-0.39, 0.29) is 17.2 Å². The van der Waals surface area contributed by atoms with Crippen LogP contribution in [0.5, 0.6) is 0 Å². The van der Waals surface area contributed by atoms with Crippen molar-refractivity contribution in [2.45, 2.75) is 6.54 Å².